The quantitative estimate of drug-likeness (QED) is 0.508. The van der Waals surface area contributed by atoms with Crippen molar-refractivity contribution in [1.29, 1.82) is 0 Å². The average molecular weight is 467 g/mol. The van der Waals surface area contributed by atoms with E-state index in [0.717, 1.165) is 11.1 Å². The third kappa shape index (κ3) is 7.86. The van der Waals surface area contributed by atoms with Gasteiger partial charge in [0.15, 0.2) is 0 Å². The van der Waals surface area contributed by atoms with Crippen LogP contribution in [0, 0.1) is 5.92 Å². The maximum atomic E-state index is 13.0. The van der Waals surface area contributed by atoms with Crippen molar-refractivity contribution in [2.45, 2.75) is 39.1 Å². The molecule has 4 nitrogen and oxygen atoms in total. The number of carbonyl (C=O) groups excluding carboxylic acids is 2. The Morgan fingerprint density at radius 3 is 2.40 bits per heavy atom. The van der Waals surface area contributed by atoms with Crippen molar-refractivity contribution in [3.63, 3.8) is 0 Å². The highest BCUT2D eigenvalue weighted by atomic mass is 35.5. The summed E-state index contributed by atoms with van der Waals surface area (Å²) in [5.74, 6) is 0.974. The lowest BCUT2D eigenvalue weighted by Crippen LogP contribution is -2.48. The van der Waals surface area contributed by atoms with Gasteiger partial charge in [-0.25, -0.2) is 0 Å². The first-order valence-corrected chi connectivity index (χ1v) is 11.8. The molecule has 0 aliphatic carbocycles. The van der Waals surface area contributed by atoms with Gasteiger partial charge < -0.3 is 10.2 Å². The molecule has 1 atom stereocenters. The predicted molar refractivity (Wildman–Crippen MR) is 127 cm³/mol. The molecule has 30 heavy (non-hydrogen) atoms. The smallest absolute Gasteiger partial charge is 0.242 e. The Labute approximate surface area is 193 Å². The third-order valence-electron chi connectivity index (χ3n) is 4.55. The number of rotatable bonds is 10. The first-order chi connectivity index (χ1) is 14.3. The standard InChI is InChI=1S/C23H28Cl2N2O2S/c1-16(2)12-26-23(29)17(3)27(13-18-7-5-4-6-8-18)22(28)15-30-14-19-9-10-20(24)11-21(19)25/h4-11,16-17H,12-15H2,1-3H3,(H,26,29). The van der Waals surface area contributed by atoms with Crippen molar-refractivity contribution in [2.75, 3.05) is 12.3 Å². The topological polar surface area (TPSA) is 49.4 Å². The summed E-state index contributed by atoms with van der Waals surface area (Å²) in [6.07, 6.45) is 0. The minimum atomic E-state index is -0.559. The molecule has 2 rings (SSSR count). The van der Waals surface area contributed by atoms with Crippen LogP contribution < -0.4 is 5.32 Å². The van der Waals surface area contributed by atoms with E-state index < -0.39 is 6.04 Å². The summed E-state index contributed by atoms with van der Waals surface area (Å²) in [5.41, 5.74) is 1.91. The van der Waals surface area contributed by atoms with Crippen molar-refractivity contribution < 1.29 is 9.59 Å². The summed E-state index contributed by atoms with van der Waals surface area (Å²) in [6, 6.07) is 14.5. The van der Waals surface area contributed by atoms with Crippen LogP contribution in [0.5, 0.6) is 0 Å². The molecule has 0 heterocycles. The van der Waals surface area contributed by atoms with E-state index in [-0.39, 0.29) is 17.6 Å². The second-order valence-electron chi connectivity index (χ2n) is 7.55. The number of nitrogens with zero attached hydrogens (tertiary/aromatic N) is 1. The number of hydrogen-bond acceptors (Lipinski definition) is 3. The van der Waals surface area contributed by atoms with Crippen molar-refractivity contribution in [3.8, 4) is 0 Å². The zero-order chi connectivity index (χ0) is 22.1. The molecule has 1 N–H and O–H groups in total. The zero-order valence-corrected chi connectivity index (χ0v) is 19.9. The fourth-order valence-corrected chi connectivity index (χ4v) is 4.25. The summed E-state index contributed by atoms with van der Waals surface area (Å²) < 4.78 is 0. The molecule has 2 aromatic rings. The molecule has 0 spiro atoms. The minimum absolute atomic E-state index is 0.0823. The monoisotopic (exact) mass is 466 g/mol. The number of amides is 2. The summed E-state index contributed by atoms with van der Waals surface area (Å²) in [7, 11) is 0. The Morgan fingerprint density at radius 1 is 1.07 bits per heavy atom. The van der Waals surface area contributed by atoms with Gasteiger partial charge in [-0.1, -0.05) is 73.4 Å². The van der Waals surface area contributed by atoms with Gasteiger partial charge in [-0.2, -0.15) is 0 Å². The number of hydrogen-bond donors (Lipinski definition) is 1. The van der Waals surface area contributed by atoms with Crippen LogP contribution in [0.1, 0.15) is 31.9 Å². The van der Waals surface area contributed by atoms with Gasteiger partial charge in [-0.15, -0.1) is 11.8 Å². The van der Waals surface area contributed by atoms with Crippen LogP contribution in [0.4, 0.5) is 0 Å². The van der Waals surface area contributed by atoms with Crippen molar-refractivity contribution in [1.82, 2.24) is 10.2 Å². The molecule has 0 fully saturated rings. The van der Waals surface area contributed by atoms with Crippen molar-refractivity contribution in [3.05, 3.63) is 69.7 Å². The van der Waals surface area contributed by atoms with E-state index in [9.17, 15) is 9.59 Å². The third-order valence-corrected chi connectivity index (χ3v) is 6.10. The van der Waals surface area contributed by atoms with E-state index in [1.165, 1.54) is 11.8 Å². The Bertz CT molecular complexity index is 846. The van der Waals surface area contributed by atoms with Crippen molar-refractivity contribution in [2.24, 2.45) is 5.92 Å². The molecule has 162 valence electrons. The number of thioether (sulfide) groups is 1. The molecule has 0 saturated heterocycles. The van der Waals surface area contributed by atoms with Crippen LogP contribution in [0.15, 0.2) is 48.5 Å². The summed E-state index contributed by atoms with van der Waals surface area (Å²) in [6.45, 7) is 6.82. The summed E-state index contributed by atoms with van der Waals surface area (Å²) >= 11 is 13.6. The van der Waals surface area contributed by atoms with Gasteiger partial charge in [0.2, 0.25) is 11.8 Å². The van der Waals surface area contributed by atoms with E-state index in [4.69, 9.17) is 23.2 Å². The molecule has 0 radical (unpaired) electrons. The Balaban J connectivity index is 2.04. The van der Waals surface area contributed by atoms with Crippen LogP contribution in [-0.4, -0.2) is 35.1 Å². The molecule has 1 unspecified atom stereocenters. The highest BCUT2D eigenvalue weighted by Gasteiger charge is 2.26. The molecule has 7 heteroatoms. The largest absolute Gasteiger partial charge is 0.354 e. The molecule has 0 bridgehead atoms. The van der Waals surface area contributed by atoms with Crippen LogP contribution in [0.2, 0.25) is 10.0 Å². The molecule has 2 amide bonds. The fraction of sp³-hybridized carbons (Fsp3) is 0.391. The first-order valence-electron chi connectivity index (χ1n) is 9.90. The summed E-state index contributed by atoms with van der Waals surface area (Å²) in [5, 5.41) is 4.10. The normalized spacial score (nSPS) is 11.9. The second-order valence-corrected chi connectivity index (χ2v) is 9.38. The molecule has 2 aromatic carbocycles. The van der Waals surface area contributed by atoms with E-state index in [0.29, 0.717) is 34.8 Å². The highest BCUT2D eigenvalue weighted by Crippen LogP contribution is 2.25. The van der Waals surface area contributed by atoms with Crippen LogP contribution >= 0.6 is 35.0 Å². The lowest BCUT2D eigenvalue weighted by atomic mass is 10.1. The molecule has 0 aliphatic heterocycles. The number of nitrogens with one attached hydrogen (secondary N) is 1. The molecular weight excluding hydrogens is 439 g/mol. The first kappa shape index (κ1) is 24.6. The van der Waals surface area contributed by atoms with Gasteiger partial charge in [0.1, 0.15) is 6.04 Å². The molecule has 0 aliphatic rings. The average Bonchev–Trinajstić information content (AvgIpc) is 2.72. The number of benzene rings is 2. The highest BCUT2D eigenvalue weighted by molar-refractivity contribution is 7.99. The lowest BCUT2D eigenvalue weighted by molar-refractivity contribution is -0.138. The number of halogens is 2. The van der Waals surface area contributed by atoms with Gasteiger partial charge in [-0.3, -0.25) is 9.59 Å². The van der Waals surface area contributed by atoms with Crippen LogP contribution in [-0.2, 0) is 21.9 Å². The number of carbonyl (C=O) groups is 2. The SMILES string of the molecule is CC(C)CNC(=O)C(C)N(Cc1ccccc1)C(=O)CSCc1ccc(Cl)cc1Cl. The maximum Gasteiger partial charge on any atom is 0.242 e. The van der Waals surface area contributed by atoms with Crippen LogP contribution in [0.3, 0.4) is 0 Å². The van der Waals surface area contributed by atoms with Gasteiger partial charge in [0.25, 0.3) is 0 Å². The molecule has 0 aromatic heterocycles. The van der Waals surface area contributed by atoms with Crippen molar-refractivity contribution >= 4 is 46.8 Å². The second kappa shape index (κ2) is 12.2. The van der Waals surface area contributed by atoms with E-state index in [2.05, 4.69) is 5.32 Å². The maximum absolute atomic E-state index is 13.0. The molecular formula is C23H28Cl2N2O2S. The lowest BCUT2D eigenvalue weighted by Gasteiger charge is -2.29. The Kier molecular flexibility index (Phi) is 10.0. The summed E-state index contributed by atoms with van der Waals surface area (Å²) in [4.78, 5) is 27.3. The Hall–Kier alpha value is -1.69. The van der Waals surface area contributed by atoms with E-state index in [1.54, 1.807) is 24.0 Å². The van der Waals surface area contributed by atoms with Gasteiger partial charge in [0.05, 0.1) is 5.75 Å². The van der Waals surface area contributed by atoms with E-state index >= 15 is 0 Å². The van der Waals surface area contributed by atoms with E-state index in [1.807, 2.05) is 50.2 Å². The Morgan fingerprint density at radius 2 is 1.77 bits per heavy atom. The fourth-order valence-electron chi connectivity index (χ4n) is 2.79. The van der Waals surface area contributed by atoms with Gasteiger partial charge >= 0.3 is 0 Å². The van der Waals surface area contributed by atoms with Gasteiger partial charge in [-0.05, 0) is 36.1 Å². The van der Waals surface area contributed by atoms with Crippen LogP contribution in [0.25, 0.3) is 0 Å². The molecule has 0 saturated carbocycles. The minimum Gasteiger partial charge on any atom is -0.354 e. The predicted octanol–water partition coefficient (Wildman–Crippen LogP) is 5.42. The van der Waals surface area contributed by atoms with Gasteiger partial charge in [0, 0.05) is 28.9 Å². The zero-order valence-electron chi connectivity index (χ0n) is 17.5.